The van der Waals surface area contributed by atoms with Crippen LogP contribution in [0.2, 0.25) is 0 Å². The second kappa shape index (κ2) is 3.70. The van der Waals surface area contributed by atoms with Crippen molar-refractivity contribution in [3.05, 3.63) is 42.4 Å². The monoisotopic (exact) mass is 217 g/mol. The Balaban J connectivity index is 1.83. The van der Waals surface area contributed by atoms with E-state index < -0.39 is 0 Å². The minimum Gasteiger partial charge on any atom is -0.318 e. The van der Waals surface area contributed by atoms with E-state index in [1.54, 1.807) is 10.9 Å². The fraction of sp³-hybridized carbons (Fsp3) is 0.273. The molecule has 1 aliphatic rings. The standard InChI is InChI=1S/C11H11N3O2/c1-8-15-11(16-8)9-5-7-14(13-9)10-4-2-3-6-12-10/h2-8,11H,1H3. The lowest BCUT2D eigenvalue weighted by molar-refractivity contribution is -0.384. The molecule has 16 heavy (non-hydrogen) atoms. The number of hydrogen-bond donors (Lipinski definition) is 0. The van der Waals surface area contributed by atoms with E-state index in [-0.39, 0.29) is 12.6 Å². The SMILES string of the molecule is CC1OC(c2ccn(-c3ccccn3)n2)O1. The highest BCUT2D eigenvalue weighted by molar-refractivity contribution is 5.21. The van der Waals surface area contributed by atoms with E-state index in [4.69, 9.17) is 9.47 Å². The van der Waals surface area contributed by atoms with Crippen molar-refractivity contribution >= 4 is 0 Å². The van der Waals surface area contributed by atoms with Gasteiger partial charge in [0.05, 0.1) is 0 Å². The lowest BCUT2D eigenvalue weighted by atomic mass is 10.4. The molecule has 0 amide bonds. The number of pyridine rings is 1. The third kappa shape index (κ3) is 1.60. The first-order valence-electron chi connectivity index (χ1n) is 5.11. The normalized spacial score (nSPS) is 24.1. The number of rotatable bonds is 2. The molecule has 1 saturated heterocycles. The van der Waals surface area contributed by atoms with Gasteiger partial charge >= 0.3 is 0 Å². The highest BCUT2D eigenvalue weighted by Crippen LogP contribution is 2.30. The lowest BCUT2D eigenvalue weighted by Crippen LogP contribution is -2.31. The van der Waals surface area contributed by atoms with Gasteiger partial charge in [-0.15, -0.1) is 0 Å². The Morgan fingerprint density at radius 3 is 2.81 bits per heavy atom. The third-order valence-corrected chi connectivity index (χ3v) is 2.37. The minimum atomic E-state index is -0.333. The maximum atomic E-state index is 5.36. The van der Waals surface area contributed by atoms with Gasteiger partial charge in [-0.25, -0.2) is 9.67 Å². The van der Waals surface area contributed by atoms with Crippen molar-refractivity contribution in [2.24, 2.45) is 0 Å². The molecule has 0 saturated carbocycles. The van der Waals surface area contributed by atoms with E-state index in [2.05, 4.69) is 10.1 Å². The smallest absolute Gasteiger partial charge is 0.208 e. The summed E-state index contributed by atoms with van der Waals surface area (Å²) in [5.41, 5.74) is 0.767. The Morgan fingerprint density at radius 2 is 2.12 bits per heavy atom. The van der Waals surface area contributed by atoms with Crippen LogP contribution < -0.4 is 0 Å². The summed E-state index contributed by atoms with van der Waals surface area (Å²) in [6.45, 7) is 1.85. The Bertz CT molecular complexity index is 477. The van der Waals surface area contributed by atoms with Crippen molar-refractivity contribution in [2.75, 3.05) is 0 Å². The molecule has 5 nitrogen and oxygen atoms in total. The summed E-state index contributed by atoms with van der Waals surface area (Å²) in [5, 5.41) is 4.34. The summed E-state index contributed by atoms with van der Waals surface area (Å²) in [6.07, 6.45) is 3.10. The third-order valence-electron chi connectivity index (χ3n) is 2.37. The van der Waals surface area contributed by atoms with Crippen molar-refractivity contribution in [2.45, 2.75) is 19.5 Å². The van der Waals surface area contributed by atoms with E-state index in [1.165, 1.54) is 0 Å². The number of hydrogen-bond acceptors (Lipinski definition) is 4. The summed E-state index contributed by atoms with van der Waals surface area (Å²) < 4.78 is 12.4. The van der Waals surface area contributed by atoms with Crippen LogP contribution in [0.15, 0.2) is 36.7 Å². The van der Waals surface area contributed by atoms with Crippen molar-refractivity contribution < 1.29 is 9.47 Å². The summed E-state index contributed by atoms with van der Waals surface area (Å²) in [6, 6.07) is 7.54. The van der Waals surface area contributed by atoms with E-state index in [1.807, 2.05) is 37.4 Å². The highest BCUT2D eigenvalue weighted by atomic mass is 16.9. The van der Waals surface area contributed by atoms with Crippen LogP contribution >= 0.6 is 0 Å². The zero-order valence-electron chi connectivity index (χ0n) is 8.78. The van der Waals surface area contributed by atoms with Gasteiger partial charge in [-0.2, -0.15) is 5.10 Å². The minimum absolute atomic E-state index is 0.134. The zero-order valence-corrected chi connectivity index (χ0v) is 8.78. The van der Waals surface area contributed by atoms with Crippen molar-refractivity contribution in [1.29, 1.82) is 0 Å². The second-order valence-corrected chi connectivity index (χ2v) is 3.54. The maximum absolute atomic E-state index is 5.36. The quantitative estimate of drug-likeness (QED) is 0.767. The van der Waals surface area contributed by atoms with E-state index in [0.717, 1.165) is 11.5 Å². The van der Waals surface area contributed by atoms with Gasteiger partial charge in [0.2, 0.25) is 6.29 Å². The predicted molar refractivity (Wildman–Crippen MR) is 55.7 cm³/mol. The largest absolute Gasteiger partial charge is 0.318 e. The van der Waals surface area contributed by atoms with Gasteiger partial charge in [0.1, 0.15) is 5.69 Å². The average Bonchev–Trinajstić information content (AvgIpc) is 2.75. The van der Waals surface area contributed by atoms with Gasteiger partial charge in [-0.1, -0.05) is 6.07 Å². The van der Waals surface area contributed by atoms with Crippen LogP contribution in [-0.4, -0.2) is 21.1 Å². The summed E-state index contributed by atoms with van der Waals surface area (Å²) in [5.74, 6) is 0.779. The fourth-order valence-electron chi connectivity index (χ4n) is 1.58. The van der Waals surface area contributed by atoms with Crippen LogP contribution in [-0.2, 0) is 9.47 Å². The average molecular weight is 217 g/mol. The Kier molecular flexibility index (Phi) is 2.19. The van der Waals surface area contributed by atoms with Gasteiger partial charge < -0.3 is 9.47 Å². The van der Waals surface area contributed by atoms with Crippen LogP contribution in [0.4, 0.5) is 0 Å². The van der Waals surface area contributed by atoms with Gasteiger partial charge in [0.25, 0.3) is 0 Å². The molecule has 0 unspecified atom stereocenters. The van der Waals surface area contributed by atoms with Crippen LogP contribution in [0.3, 0.4) is 0 Å². The van der Waals surface area contributed by atoms with Gasteiger partial charge in [0, 0.05) is 12.4 Å². The molecule has 2 aromatic heterocycles. The fourth-order valence-corrected chi connectivity index (χ4v) is 1.58. The van der Waals surface area contributed by atoms with Gasteiger partial charge in [-0.3, -0.25) is 0 Å². The molecule has 1 aliphatic heterocycles. The lowest BCUT2D eigenvalue weighted by Gasteiger charge is -2.32. The molecule has 3 rings (SSSR count). The van der Waals surface area contributed by atoms with Gasteiger partial charge in [0.15, 0.2) is 12.1 Å². The highest BCUT2D eigenvalue weighted by Gasteiger charge is 2.30. The first kappa shape index (κ1) is 9.50. The predicted octanol–water partition coefficient (Wildman–Crippen LogP) is 1.66. The number of nitrogens with zero attached hydrogens (tertiary/aromatic N) is 3. The zero-order chi connectivity index (χ0) is 11.0. The topological polar surface area (TPSA) is 49.2 Å². The summed E-state index contributed by atoms with van der Waals surface area (Å²) in [4.78, 5) is 4.20. The molecule has 3 heterocycles. The molecule has 2 aromatic rings. The number of ether oxygens (including phenoxy) is 2. The molecule has 0 radical (unpaired) electrons. The Labute approximate surface area is 92.6 Å². The molecular formula is C11H11N3O2. The molecule has 0 spiro atoms. The van der Waals surface area contributed by atoms with Crippen molar-refractivity contribution in [1.82, 2.24) is 14.8 Å². The van der Waals surface area contributed by atoms with E-state index in [0.29, 0.717) is 0 Å². The summed E-state index contributed by atoms with van der Waals surface area (Å²) in [7, 11) is 0. The van der Waals surface area contributed by atoms with Crippen LogP contribution in [0.5, 0.6) is 0 Å². The molecule has 0 N–H and O–H groups in total. The van der Waals surface area contributed by atoms with Gasteiger partial charge in [-0.05, 0) is 25.1 Å². The molecule has 0 aromatic carbocycles. The van der Waals surface area contributed by atoms with Crippen LogP contribution in [0, 0.1) is 0 Å². The van der Waals surface area contributed by atoms with E-state index >= 15 is 0 Å². The Hall–Kier alpha value is -1.72. The number of aromatic nitrogens is 3. The van der Waals surface area contributed by atoms with E-state index in [9.17, 15) is 0 Å². The van der Waals surface area contributed by atoms with Crippen LogP contribution in [0.25, 0.3) is 5.82 Å². The molecule has 0 aliphatic carbocycles. The van der Waals surface area contributed by atoms with Crippen molar-refractivity contribution in [3.8, 4) is 5.82 Å². The molecule has 5 heteroatoms. The Morgan fingerprint density at radius 1 is 1.25 bits per heavy atom. The molecule has 1 fully saturated rings. The molecule has 0 bridgehead atoms. The summed E-state index contributed by atoms with van der Waals surface area (Å²) >= 11 is 0. The molecular weight excluding hydrogens is 206 g/mol. The molecule has 0 atom stereocenters. The maximum Gasteiger partial charge on any atom is 0.208 e. The first-order valence-corrected chi connectivity index (χ1v) is 5.11. The van der Waals surface area contributed by atoms with Crippen LogP contribution in [0.1, 0.15) is 18.9 Å². The van der Waals surface area contributed by atoms with Crippen molar-refractivity contribution in [3.63, 3.8) is 0 Å². The second-order valence-electron chi connectivity index (χ2n) is 3.54. The first-order chi connectivity index (χ1) is 7.83. The molecule has 82 valence electrons.